The van der Waals surface area contributed by atoms with E-state index in [9.17, 15) is 4.79 Å². The molecule has 36 heavy (non-hydrogen) atoms. The van der Waals surface area contributed by atoms with E-state index in [4.69, 9.17) is 4.98 Å². The second-order valence-corrected chi connectivity index (χ2v) is 10.4. The van der Waals surface area contributed by atoms with Crippen LogP contribution in [0.3, 0.4) is 0 Å². The van der Waals surface area contributed by atoms with Crippen molar-refractivity contribution < 1.29 is 4.79 Å². The molecular weight excluding hydrogens is 446 g/mol. The Bertz CT molecular complexity index is 1200. The predicted octanol–water partition coefficient (Wildman–Crippen LogP) is 5.55. The lowest BCUT2D eigenvalue weighted by molar-refractivity contribution is -0.136. The highest BCUT2D eigenvalue weighted by atomic mass is 16.2. The van der Waals surface area contributed by atoms with Crippen LogP contribution in [0.1, 0.15) is 63.7 Å². The first kappa shape index (κ1) is 24.6. The maximum Gasteiger partial charge on any atom is 0.245 e. The van der Waals surface area contributed by atoms with E-state index in [-0.39, 0.29) is 24.0 Å². The van der Waals surface area contributed by atoms with Gasteiger partial charge >= 0.3 is 0 Å². The van der Waals surface area contributed by atoms with Gasteiger partial charge in [-0.2, -0.15) is 0 Å². The van der Waals surface area contributed by atoms with Crippen molar-refractivity contribution in [3.05, 3.63) is 66.6 Å². The fraction of sp³-hybridized carbons (Fsp3) is 0.467. The number of benzene rings is 2. The van der Waals surface area contributed by atoms with Gasteiger partial charge in [-0.05, 0) is 57.2 Å². The summed E-state index contributed by atoms with van der Waals surface area (Å²) in [7, 11) is 1.93. The van der Waals surface area contributed by atoms with Gasteiger partial charge in [0.1, 0.15) is 11.9 Å². The summed E-state index contributed by atoms with van der Waals surface area (Å²) in [5, 5.41) is 6.81. The maximum absolute atomic E-state index is 14.1. The molecule has 0 bridgehead atoms. The van der Waals surface area contributed by atoms with Crippen molar-refractivity contribution >= 4 is 16.9 Å². The highest BCUT2D eigenvalue weighted by Crippen LogP contribution is 2.36. The lowest BCUT2D eigenvalue weighted by Crippen LogP contribution is -2.52. The monoisotopic (exact) mass is 485 g/mol. The molecule has 6 heteroatoms. The largest absolute Gasteiger partial charge is 0.376 e. The minimum atomic E-state index is -0.238. The number of rotatable bonds is 8. The first-order chi connectivity index (χ1) is 17.6. The zero-order chi connectivity index (χ0) is 25.1. The lowest BCUT2D eigenvalue weighted by atomic mass is 9.83. The van der Waals surface area contributed by atoms with E-state index in [1.165, 1.54) is 19.3 Å². The van der Waals surface area contributed by atoms with Gasteiger partial charge in [-0.1, -0.05) is 68.3 Å². The molecule has 2 fully saturated rings. The van der Waals surface area contributed by atoms with Gasteiger partial charge < -0.3 is 20.5 Å². The summed E-state index contributed by atoms with van der Waals surface area (Å²) in [6.45, 7) is 7.10. The van der Waals surface area contributed by atoms with Gasteiger partial charge in [-0.15, -0.1) is 0 Å². The van der Waals surface area contributed by atoms with E-state index >= 15 is 0 Å². The summed E-state index contributed by atoms with van der Waals surface area (Å²) < 4.78 is 0. The third-order valence-corrected chi connectivity index (χ3v) is 8.15. The zero-order valence-electron chi connectivity index (χ0n) is 21.6. The third-order valence-electron chi connectivity index (χ3n) is 8.15. The molecule has 3 N–H and O–H groups in total. The summed E-state index contributed by atoms with van der Waals surface area (Å²) in [6.07, 6.45) is 7.75. The van der Waals surface area contributed by atoms with Gasteiger partial charge in [-0.3, -0.25) is 4.79 Å². The summed E-state index contributed by atoms with van der Waals surface area (Å²) in [4.78, 5) is 24.9. The van der Waals surface area contributed by atoms with E-state index in [0.29, 0.717) is 5.92 Å². The SMILES string of the molecule is C=C(N[C@H](C(=O)N1CCC[C@H]1c1nc2c(-c3ccccc3)cccc2[nH]1)C1CCCCC1)[C@H](C)NC. The zero-order valence-corrected chi connectivity index (χ0v) is 21.6. The average molecular weight is 486 g/mol. The van der Waals surface area contributed by atoms with Crippen molar-refractivity contribution in [2.45, 2.75) is 70.0 Å². The molecule has 6 nitrogen and oxygen atoms in total. The van der Waals surface area contributed by atoms with E-state index in [1.807, 2.05) is 13.1 Å². The van der Waals surface area contributed by atoms with Gasteiger partial charge in [0, 0.05) is 23.8 Å². The van der Waals surface area contributed by atoms with Gasteiger partial charge in [0.25, 0.3) is 0 Å². The average Bonchev–Trinajstić information content (AvgIpc) is 3.59. The van der Waals surface area contributed by atoms with Crippen molar-refractivity contribution in [1.82, 2.24) is 25.5 Å². The molecule has 3 aromatic rings. The number of aromatic nitrogens is 2. The van der Waals surface area contributed by atoms with E-state index in [2.05, 4.69) is 76.5 Å². The van der Waals surface area contributed by atoms with E-state index in [0.717, 1.165) is 65.9 Å². The Morgan fingerprint density at radius 3 is 2.58 bits per heavy atom. The minimum absolute atomic E-state index is 0.0311. The summed E-state index contributed by atoms with van der Waals surface area (Å²) in [5.74, 6) is 1.43. The Kier molecular flexibility index (Phi) is 7.42. The Labute approximate surface area is 214 Å². The molecule has 2 heterocycles. The standard InChI is InChI=1S/C30H39N5O/c1-20(31-3)21(2)32-27(23-14-8-5-9-15-23)30(36)35-19-11-18-26(35)29-33-25-17-10-16-24(28(25)34-29)22-12-6-4-7-13-22/h4,6-7,10,12-13,16-17,20,23,26-27,31-32H,2,5,8-9,11,14-15,18-19H2,1,3H3,(H,33,34)/t20-,26-,27-/m0/s1. The third kappa shape index (κ3) is 4.92. The van der Waals surface area contributed by atoms with Gasteiger partial charge in [0.15, 0.2) is 0 Å². The van der Waals surface area contributed by atoms with Crippen LogP contribution in [0.4, 0.5) is 0 Å². The molecule has 2 aromatic carbocycles. The number of imidazole rings is 1. The molecule has 1 saturated heterocycles. The molecule has 1 aliphatic carbocycles. The number of amides is 1. The fourth-order valence-electron chi connectivity index (χ4n) is 5.90. The second-order valence-electron chi connectivity index (χ2n) is 10.4. The van der Waals surface area contributed by atoms with Crippen LogP contribution in [0.15, 0.2) is 60.8 Å². The Hall–Kier alpha value is -3.12. The molecule has 5 rings (SSSR count). The quantitative estimate of drug-likeness (QED) is 0.391. The number of hydrogen-bond acceptors (Lipinski definition) is 4. The first-order valence-corrected chi connectivity index (χ1v) is 13.5. The second kappa shape index (κ2) is 10.9. The summed E-state index contributed by atoms with van der Waals surface area (Å²) >= 11 is 0. The van der Waals surface area contributed by atoms with E-state index in [1.54, 1.807) is 0 Å². The van der Waals surface area contributed by atoms with Crippen molar-refractivity contribution in [2.75, 3.05) is 13.6 Å². The van der Waals surface area contributed by atoms with E-state index < -0.39 is 0 Å². The number of nitrogens with one attached hydrogen (secondary N) is 3. The van der Waals surface area contributed by atoms with Gasteiger partial charge in [0.05, 0.1) is 17.1 Å². The van der Waals surface area contributed by atoms with Crippen molar-refractivity contribution in [2.24, 2.45) is 5.92 Å². The number of H-pyrrole nitrogens is 1. The number of likely N-dealkylation sites (N-methyl/N-ethyl adjacent to an activating group) is 1. The Morgan fingerprint density at radius 2 is 1.83 bits per heavy atom. The highest BCUT2D eigenvalue weighted by Gasteiger charge is 2.39. The van der Waals surface area contributed by atoms with Crippen molar-refractivity contribution in [3.8, 4) is 11.1 Å². The van der Waals surface area contributed by atoms with Crippen molar-refractivity contribution in [3.63, 3.8) is 0 Å². The molecule has 0 spiro atoms. The molecule has 1 aromatic heterocycles. The maximum atomic E-state index is 14.1. The molecule has 1 amide bonds. The molecule has 2 aliphatic rings. The smallest absolute Gasteiger partial charge is 0.245 e. The molecular formula is C30H39N5O. The number of hydrogen-bond donors (Lipinski definition) is 3. The molecule has 3 atom stereocenters. The number of nitrogens with zero attached hydrogens (tertiary/aromatic N) is 2. The van der Waals surface area contributed by atoms with Crippen LogP contribution >= 0.6 is 0 Å². The first-order valence-electron chi connectivity index (χ1n) is 13.5. The number of carbonyl (C=O) groups excluding carboxylic acids is 1. The lowest BCUT2D eigenvalue weighted by Gasteiger charge is -2.36. The van der Waals surface area contributed by atoms with Crippen LogP contribution in [0.2, 0.25) is 0 Å². The van der Waals surface area contributed by atoms with Crippen molar-refractivity contribution in [1.29, 1.82) is 0 Å². The molecule has 190 valence electrons. The molecule has 1 aliphatic heterocycles. The summed E-state index contributed by atoms with van der Waals surface area (Å²) in [5.41, 5.74) is 5.14. The summed E-state index contributed by atoms with van der Waals surface area (Å²) in [6, 6.07) is 16.5. The van der Waals surface area contributed by atoms with Crippen LogP contribution in [0.25, 0.3) is 22.2 Å². The Morgan fingerprint density at radius 1 is 1.06 bits per heavy atom. The number of carbonyl (C=O) groups is 1. The van der Waals surface area contributed by atoms with Crippen LogP contribution in [-0.2, 0) is 4.79 Å². The number of likely N-dealkylation sites (tertiary alicyclic amines) is 1. The molecule has 1 saturated carbocycles. The fourth-order valence-corrected chi connectivity index (χ4v) is 5.90. The minimum Gasteiger partial charge on any atom is -0.376 e. The van der Waals surface area contributed by atoms with Crippen LogP contribution in [0.5, 0.6) is 0 Å². The number of para-hydroxylation sites is 1. The van der Waals surface area contributed by atoms with Crippen LogP contribution in [0, 0.1) is 5.92 Å². The van der Waals surface area contributed by atoms with Crippen LogP contribution in [-0.4, -0.2) is 46.5 Å². The number of fused-ring (bicyclic) bond motifs is 1. The Balaban J connectivity index is 1.44. The predicted molar refractivity (Wildman–Crippen MR) is 146 cm³/mol. The van der Waals surface area contributed by atoms with Gasteiger partial charge in [0.2, 0.25) is 5.91 Å². The van der Waals surface area contributed by atoms with Crippen LogP contribution < -0.4 is 10.6 Å². The topological polar surface area (TPSA) is 73.0 Å². The van der Waals surface area contributed by atoms with Gasteiger partial charge in [-0.25, -0.2) is 4.98 Å². The molecule has 0 radical (unpaired) electrons. The highest BCUT2D eigenvalue weighted by molar-refractivity contribution is 5.92. The normalized spacial score (nSPS) is 20.4. The number of aromatic amines is 1. The molecule has 0 unspecified atom stereocenters.